The molecule has 1 aliphatic rings. The number of pyridine rings is 1. The SMILES string of the molecule is CC(C)Oc1ccnc(C2=CCNCC2)c1[N+](=O)[O-]. The second-order valence-corrected chi connectivity index (χ2v) is 4.61. The Kier molecular flexibility index (Phi) is 4.11. The second kappa shape index (κ2) is 5.79. The van der Waals surface area contributed by atoms with Crippen LogP contribution in [0, 0.1) is 10.1 Å². The Labute approximate surface area is 111 Å². The molecule has 1 aromatic rings. The lowest BCUT2D eigenvalue weighted by Crippen LogP contribution is -2.20. The molecule has 2 heterocycles. The number of nitro groups is 1. The molecule has 0 bridgehead atoms. The van der Waals surface area contributed by atoms with E-state index in [2.05, 4.69) is 10.3 Å². The van der Waals surface area contributed by atoms with Crippen LogP contribution >= 0.6 is 0 Å². The molecule has 102 valence electrons. The first-order valence-electron chi connectivity index (χ1n) is 6.29. The van der Waals surface area contributed by atoms with Gasteiger partial charge < -0.3 is 10.1 Å². The fourth-order valence-electron chi connectivity index (χ4n) is 2.03. The molecule has 19 heavy (non-hydrogen) atoms. The lowest BCUT2D eigenvalue weighted by atomic mass is 10.0. The van der Waals surface area contributed by atoms with Crippen molar-refractivity contribution >= 4 is 11.3 Å². The lowest BCUT2D eigenvalue weighted by Gasteiger charge is -2.15. The van der Waals surface area contributed by atoms with Gasteiger partial charge in [0, 0.05) is 18.8 Å². The van der Waals surface area contributed by atoms with Gasteiger partial charge in [0.2, 0.25) is 5.75 Å². The average Bonchev–Trinajstić information content (AvgIpc) is 2.38. The van der Waals surface area contributed by atoms with Gasteiger partial charge in [-0.3, -0.25) is 10.1 Å². The van der Waals surface area contributed by atoms with E-state index in [0.29, 0.717) is 12.2 Å². The first-order valence-corrected chi connectivity index (χ1v) is 6.29. The molecular formula is C13H17N3O3. The van der Waals surface area contributed by atoms with Gasteiger partial charge in [-0.05, 0) is 32.4 Å². The third-order valence-electron chi connectivity index (χ3n) is 2.80. The van der Waals surface area contributed by atoms with E-state index in [1.807, 2.05) is 19.9 Å². The predicted molar refractivity (Wildman–Crippen MR) is 72.1 cm³/mol. The van der Waals surface area contributed by atoms with E-state index in [-0.39, 0.29) is 17.5 Å². The molecule has 0 radical (unpaired) electrons. The number of hydrogen-bond donors (Lipinski definition) is 1. The van der Waals surface area contributed by atoms with Gasteiger partial charge in [-0.25, -0.2) is 4.98 Å². The quantitative estimate of drug-likeness (QED) is 0.665. The van der Waals surface area contributed by atoms with Crippen molar-refractivity contribution in [2.24, 2.45) is 0 Å². The zero-order valence-corrected chi connectivity index (χ0v) is 11.0. The highest BCUT2D eigenvalue weighted by Gasteiger charge is 2.25. The first-order chi connectivity index (χ1) is 9.09. The van der Waals surface area contributed by atoms with Crippen molar-refractivity contribution in [1.82, 2.24) is 10.3 Å². The van der Waals surface area contributed by atoms with Crippen molar-refractivity contribution in [3.05, 3.63) is 34.1 Å². The van der Waals surface area contributed by atoms with Crippen LogP contribution in [0.5, 0.6) is 5.75 Å². The summed E-state index contributed by atoms with van der Waals surface area (Å²) in [6.45, 7) is 5.20. The highest BCUT2D eigenvalue weighted by atomic mass is 16.6. The van der Waals surface area contributed by atoms with Gasteiger partial charge in [-0.1, -0.05) is 6.08 Å². The minimum atomic E-state index is -0.414. The molecule has 0 aromatic carbocycles. The number of rotatable bonds is 4. The summed E-state index contributed by atoms with van der Waals surface area (Å²) >= 11 is 0. The molecule has 0 spiro atoms. The monoisotopic (exact) mass is 263 g/mol. The van der Waals surface area contributed by atoms with E-state index < -0.39 is 4.92 Å². The third kappa shape index (κ3) is 3.08. The van der Waals surface area contributed by atoms with Crippen LogP contribution in [0.1, 0.15) is 26.0 Å². The highest BCUT2D eigenvalue weighted by Crippen LogP contribution is 2.35. The minimum Gasteiger partial charge on any atom is -0.484 e. The Morgan fingerprint density at radius 3 is 2.89 bits per heavy atom. The van der Waals surface area contributed by atoms with Gasteiger partial charge in [-0.15, -0.1) is 0 Å². The van der Waals surface area contributed by atoms with Crippen molar-refractivity contribution in [2.75, 3.05) is 13.1 Å². The van der Waals surface area contributed by atoms with Crippen molar-refractivity contribution in [3.8, 4) is 5.75 Å². The molecule has 1 aromatic heterocycles. The number of ether oxygens (including phenoxy) is 1. The van der Waals surface area contributed by atoms with Crippen LogP contribution in [0.15, 0.2) is 18.3 Å². The van der Waals surface area contributed by atoms with Gasteiger partial charge >= 0.3 is 5.69 Å². The molecule has 0 aliphatic carbocycles. The molecule has 0 saturated carbocycles. The van der Waals surface area contributed by atoms with Gasteiger partial charge in [-0.2, -0.15) is 0 Å². The third-order valence-corrected chi connectivity index (χ3v) is 2.80. The molecule has 6 heteroatoms. The maximum Gasteiger partial charge on any atom is 0.336 e. The predicted octanol–water partition coefficient (Wildman–Crippen LogP) is 2.15. The summed E-state index contributed by atoms with van der Waals surface area (Å²) in [5.74, 6) is 0.282. The summed E-state index contributed by atoms with van der Waals surface area (Å²) in [5, 5.41) is 14.5. The molecule has 2 rings (SSSR count). The van der Waals surface area contributed by atoms with E-state index in [4.69, 9.17) is 4.74 Å². The lowest BCUT2D eigenvalue weighted by molar-refractivity contribution is -0.386. The van der Waals surface area contributed by atoms with Gasteiger partial charge in [0.1, 0.15) is 5.69 Å². The van der Waals surface area contributed by atoms with Crippen LogP contribution in [0.25, 0.3) is 5.57 Å². The summed E-state index contributed by atoms with van der Waals surface area (Å²) in [4.78, 5) is 15.1. The van der Waals surface area contributed by atoms with Crippen molar-refractivity contribution < 1.29 is 9.66 Å². The van der Waals surface area contributed by atoms with E-state index in [9.17, 15) is 10.1 Å². The smallest absolute Gasteiger partial charge is 0.336 e. The van der Waals surface area contributed by atoms with Crippen LogP contribution in [0.4, 0.5) is 5.69 Å². The van der Waals surface area contributed by atoms with E-state index in [1.165, 1.54) is 0 Å². The Balaban J connectivity index is 2.47. The normalized spacial score (nSPS) is 15.2. The van der Waals surface area contributed by atoms with Crippen LogP contribution in [-0.2, 0) is 0 Å². The van der Waals surface area contributed by atoms with Gasteiger partial charge in [0.15, 0.2) is 0 Å². The summed E-state index contributed by atoms with van der Waals surface area (Å²) in [6.07, 6.45) is 4.12. The van der Waals surface area contributed by atoms with Crippen LogP contribution in [0.3, 0.4) is 0 Å². The molecule has 0 saturated heterocycles. The number of nitrogens with zero attached hydrogens (tertiary/aromatic N) is 2. The summed E-state index contributed by atoms with van der Waals surface area (Å²) in [5.41, 5.74) is 1.29. The number of aromatic nitrogens is 1. The van der Waals surface area contributed by atoms with Gasteiger partial charge in [0.05, 0.1) is 11.0 Å². The molecule has 0 unspecified atom stereocenters. The van der Waals surface area contributed by atoms with Crippen molar-refractivity contribution in [3.63, 3.8) is 0 Å². The van der Waals surface area contributed by atoms with Crippen LogP contribution in [-0.4, -0.2) is 29.1 Å². The Morgan fingerprint density at radius 1 is 1.53 bits per heavy atom. The Morgan fingerprint density at radius 2 is 2.32 bits per heavy atom. The van der Waals surface area contributed by atoms with Gasteiger partial charge in [0.25, 0.3) is 0 Å². The highest BCUT2D eigenvalue weighted by molar-refractivity contribution is 5.73. The molecule has 1 N–H and O–H groups in total. The average molecular weight is 263 g/mol. The first kappa shape index (κ1) is 13.5. The molecular weight excluding hydrogens is 246 g/mol. The maximum atomic E-state index is 11.3. The van der Waals surface area contributed by atoms with E-state index >= 15 is 0 Å². The maximum absolute atomic E-state index is 11.3. The van der Waals surface area contributed by atoms with E-state index in [1.54, 1.807) is 12.3 Å². The zero-order chi connectivity index (χ0) is 13.8. The summed E-state index contributed by atoms with van der Waals surface area (Å²) in [6, 6.07) is 1.54. The number of nitrogens with one attached hydrogen (secondary N) is 1. The Bertz CT molecular complexity index is 512. The van der Waals surface area contributed by atoms with E-state index in [0.717, 1.165) is 18.5 Å². The van der Waals surface area contributed by atoms with Crippen molar-refractivity contribution in [1.29, 1.82) is 0 Å². The fraction of sp³-hybridized carbons (Fsp3) is 0.462. The summed E-state index contributed by atoms with van der Waals surface area (Å²) in [7, 11) is 0. The zero-order valence-electron chi connectivity index (χ0n) is 11.0. The summed E-state index contributed by atoms with van der Waals surface area (Å²) < 4.78 is 5.51. The molecule has 1 aliphatic heterocycles. The van der Waals surface area contributed by atoms with Crippen LogP contribution in [0.2, 0.25) is 0 Å². The molecule has 6 nitrogen and oxygen atoms in total. The van der Waals surface area contributed by atoms with Crippen molar-refractivity contribution in [2.45, 2.75) is 26.4 Å². The second-order valence-electron chi connectivity index (χ2n) is 4.61. The fourth-order valence-corrected chi connectivity index (χ4v) is 2.03. The number of hydrogen-bond acceptors (Lipinski definition) is 5. The standard InChI is InChI=1S/C13H17N3O3/c1-9(2)19-11-5-8-15-12(13(11)16(17)18)10-3-6-14-7-4-10/h3,5,8-9,14H,4,6-7H2,1-2H3. The topological polar surface area (TPSA) is 77.3 Å². The Hall–Kier alpha value is -1.95. The molecule has 0 amide bonds. The largest absolute Gasteiger partial charge is 0.484 e. The molecule has 0 atom stereocenters. The minimum absolute atomic E-state index is 0.0376. The molecule has 0 fully saturated rings. The van der Waals surface area contributed by atoms with Crippen LogP contribution < -0.4 is 10.1 Å².